The highest BCUT2D eigenvalue weighted by molar-refractivity contribution is 7.90. The highest BCUT2D eigenvalue weighted by atomic mass is 32.2. The first-order valence-electron chi connectivity index (χ1n) is 7.72. The topological polar surface area (TPSA) is 64.8 Å². The summed E-state index contributed by atoms with van der Waals surface area (Å²) in [5.74, 6) is -1.30. The van der Waals surface area contributed by atoms with Gasteiger partial charge in [-0.3, -0.25) is 0 Å². The second-order valence-corrected chi connectivity index (χ2v) is 7.73. The molecular weight excluding hydrogens is 379 g/mol. The third kappa shape index (κ3) is 4.43. The number of hydrogen-bond donors (Lipinski definition) is 0. The average Bonchev–Trinajstić information content (AvgIpc) is 3.05. The molecule has 0 aliphatic rings. The molecule has 1 heterocycles. The number of alkyl halides is 3. The molecular formula is C18H14F3N3O2S. The molecule has 140 valence electrons. The quantitative estimate of drug-likeness (QED) is 0.675. The predicted molar refractivity (Wildman–Crippen MR) is 94.8 cm³/mol. The standard InChI is InChI=1S/C18H14F3N3O2S/c1-27(25,26)15-10-8-14(9-11-15)24-16(22-17(23-24)18(19,20)21)12-7-13-5-3-2-4-6-13/h2-12H,1H3/b12-7+. The molecule has 0 saturated heterocycles. The lowest BCUT2D eigenvalue weighted by molar-refractivity contribution is -0.144. The van der Waals surface area contributed by atoms with Crippen molar-refractivity contribution < 1.29 is 21.6 Å². The molecule has 0 bridgehead atoms. The van der Waals surface area contributed by atoms with Gasteiger partial charge in [0.25, 0.3) is 5.82 Å². The molecule has 0 atom stereocenters. The van der Waals surface area contributed by atoms with Crippen LogP contribution in [0, 0.1) is 0 Å². The van der Waals surface area contributed by atoms with Gasteiger partial charge in [-0.1, -0.05) is 36.4 Å². The number of rotatable bonds is 4. The Labute approximate surface area is 153 Å². The summed E-state index contributed by atoms with van der Waals surface area (Å²) in [6.45, 7) is 0. The van der Waals surface area contributed by atoms with Crippen LogP contribution in [0.4, 0.5) is 13.2 Å². The van der Waals surface area contributed by atoms with E-state index in [1.807, 2.05) is 6.07 Å². The molecule has 0 N–H and O–H groups in total. The number of benzene rings is 2. The molecule has 2 aromatic carbocycles. The molecule has 0 aliphatic carbocycles. The van der Waals surface area contributed by atoms with Crippen molar-refractivity contribution in [2.45, 2.75) is 11.1 Å². The summed E-state index contributed by atoms with van der Waals surface area (Å²) in [6, 6.07) is 14.4. The van der Waals surface area contributed by atoms with Crippen LogP contribution >= 0.6 is 0 Å². The van der Waals surface area contributed by atoms with Crippen molar-refractivity contribution in [1.82, 2.24) is 14.8 Å². The van der Waals surface area contributed by atoms with Crippen molar-refractivity contribution >= 4 is 22.0 Å². The highest BCUT2D eigenvalue weighted by Crippen LogP contribution is 2.28. The zero-order valence-corrected chi connectivity index (χ0v) is 14.9. The minimum Gasteiger partial charge on any atom is -0.224 e. The molecule has 0 saturated carbocycles. The molecule has 0 radical (unpaired) electrons. The van der Waals surface area contributed by atoms with E-state index in [-0.39, 0.29) is 16.4 Å². The molecule has 0 aliphatic heterocycles. The van der Waals surface area contributed by atoms with Gasteiger partial charge in [0.1, 0.15) is 0 Å². The van der Waals surface area contributed by atoms with Crippen LogP contribution in [0.3, 0.4) is 0 Å². The average molecular weight is 393 g/mol. The van der Waals surface area contributed by atoms with E-state index < -0.39 is 21.8 Å². The first kappa shape index (κ1) is 18.8. The summed E-state index contributed by atoms with van der Waals surface area (Å²) in [6.07, 6.45) is -0.617. The second kappa shape index (κ2) is 6.99. The van der Waals surface area contributed by atoms with E-state index in [9.17, 15) is 21.6 Å². The number of aromatic nitrogens is 3. The van der Waals surface area contributed by atoms with E-state index in [1.165, 1.54) is 30.3 Å². The maximum atomic E-state index is 13.0. The molecule has 27 heavy (non-hydrogen) atoms. The van der Waals surface area contributed by atoms with Crippen LogP contribution < -0.4 is 0 Å². The second-order valence-electron chi connectivity index (χ2n) is 5.71. The molecule has 5 nitrogen and oxygen atoms in total. The van der Waals surface area contributed by atoms with Crippen molar-refractivity contribution in [3.63, 3.8) is 0 Å². The fourth-order valence-corrected chi connectivity index (χ4v) is 2.94. The van der Waals surface area contributed by atoms with Gasteiger partial charge >= 0.3 is 6.18 Å². The Hall–Kier alpha value is -2.94. The number of hydrogen-bond acceptors (Lipinski definition) is 4. The zero-order valence-electron chi connectivity index (χ0n) is 14.1. The lowest BCUT2D eigenvalue weighted by Gasteiger charge is -2.05. The van der Waals surface area contributed by atoms with E-state index >= 15 is 0 Å². The Morgan fingerprint density at radius 1 is 0.963 bits per heavy atom. The zero-order chi connectivity index (χ0) is 19.7. The summed E-state index contributed by atoms with van der Waals surface area (Å²) >= 11 is 0. The van der Waals surface area contributed by atoms with Gasteiger partial charge in [-0.15, -0.1) is 5.10 Å². The number of nitrogens with zero attached hydrogens (tertiary/aromatic N) is 3. The van der Waals surface area contributed by atoms with Crippen molar-refractivity contribution in [2.24, 2.45) is 0 Å². The largest absolute Gasteiger partial charge is 0.453 e. The van der Waals surface area contributed by atoms with E-state index in [0.29, 0.717) is 0 Å². The van der Waals surface area contributed by atoms with E-state index in [0.717, 1.165) is 16.5 Å². The Kier molecular flexibility index (Phi) is 4.88. The third-order valence-corrected chi connectivity index (χ3v) is 4.75. The molecule has 3 rings (SSSR count). The van der Waals surface area contributed by atoms with Crippen molar-refractivity contribution in [3.8, 4) is 5.69 Å². The van der Waals surface area contributed by atoms with Gasteiger partial charge in [-0.25, -0.2) is 18.1 Å². The molecule has 3 aromatic rings. The van der Waals surface area contributed by atoms with Crippen molar-refractivity contribution in [1.29, 1.82) is 0 Å². The third-order valence-electron chi connectivity index (χ3n) is 3.62. The maximum absolute atomic E-state index is 13.0. The van der Waals surface area contributed by atoms with Crippen LogP contribution in [0.5, 0.6) is 0 Å². The normalized spacial score (nSPS) is 12.6. The van der Waals surface area contributed by atoms with Crippen molar-refractivity contribution in [2.75, 3.05) is 6.26 Å². The summed E-state index contributed by atoms with van der Waals surface area (Å²) in [5.41, 5.74) is 1.05. The molecule has 0 fully saturated rings. The highest BCUT2D eigenvalue weighted by Gasteiger charge is 2.37. The fraction of sp³-hybridized carbons (Fsp3) is 0.111. The molecule has 9 heteroatoms. The van der Waals surface area contributed by atoms with Gasteiger partial charge in [-0.05, 0) is 35.9 Å². The molecule has 0 amide bonds. The van der Waals surface area contributed by atoms with Crippen LogP contribution in [-0.4, -0.2) is 29.4 Å². The van der Waals surface area contributed by atoms with E-state index in [4.69, 9.17) is 0 Å². The Bertz CT molecular complexity index is 1070. The predicted octanol–water partition coefficient (Wildman–Crippen LogP) is 3.86. The van der Waals surface area contributed by atoms with Gasteiger partial charge in [0, 0.05) is 6.26 Å². The number of halogens is 3. The van der Waals surface area contributed by atoms with E-state index in [2.05, 4.69) is 10.1 Å². The lowest BCUT2D eigenvalue weighted by atomic mass is 10.2. The Morgan fingerprint density at radius 2 is 1.59 bits per heavy atom. The monoisotopic (exact) mass is 393 g/mol. The van der Waals surface area contributed by atoms with Crippen LogP contribution in [0.2, 0.25) is 0 Å². The summed E-state index contributed by atoms with van der Waals surface area (Å²) in [7, 11) is -3.42. The fourth-order valence-electron chi connectivity index (χ4n) is 2.31. The molecule has 1 aromatic heterocycles. The lowest BCUT2D eigenvalue weighted by Crippen LogP contribution is -2.08. The number of sulfone groups is 1. The molecule has 0 spiro atoms. The summed E-state index contributed by atoms with van der Waals surface area (Å²) in [5, 5.41) is 3.54. The van der Waals surface area contributed by atoms with Crippen LogP contribution in [0.25, 0.3) is 17.8 Å². The van der Waals surface area contributed by atoms with Crippen LogP contribution in [-0.2, 0) is 16.0 Å². The van der Waals surface area contributed by atoms with Crippen LogP contribution in [0.15, 0.2) is 59.5 Å². The van der Waals surface area contributed by atoms with Gasteiger partial charge in [0.15, 0.2) is 15.7 Å². The Balaban J connectivity index is 2.05. The first-order chi connectivity index (χ1) is 12.6. The van der Waals surface area contributed by atoms with Gasteiger partial charge in [0.2, 0.25) is 0 Å². The van der Waals surface area contributed by atoms with Crippen LogP contribution in [0.1, 0.15) is 17.2 Å². The summed E-state index contributed by atoms with van der Waals surface area (Å²) < 4.78 is 63.2. The molecule has 0 unspecified atom stereocenters. The van der Waals surface area contributed by atoms with Crippen molar-refractivity contribution in [3.05, 3.63) is 71.8 Å². The Morgan fingerprint density at radius 3 is 2.15 bits per heavy atom. The van der Waals surface area contributed by atoms with Gasteiger partial charge in [0.05, 0.1) is 10.6 Å². The van der Waals surface area contributed by atoms with Gasteiger partial charge < -0.3 is 0 Å². The summed E-state index contributed by atoms with van der Waals surface area (Å²) in [4.78, 5) is 3.62. The SMILES string of the molecule is CS(=O)(=O)c1ccc(-n2nc(C(F)(F)F)nc2/C=C/c2ccccc2)cc1. The first-order valence-corrected chi connectivity index (χ1v) is 9.61. The smallest absolute Gasteiger partial charge is 0.224 e. The maximum Gasteiger partial charge on any atom is 0.453 e. The van der Waals surface area contributed by atoms with E-state index in [1.54, 1.807) is 30.3 Å². The minimum atomic E-state index is -4.70. The van der Waals surface area contributed by atoms with Gasteiger partial charge in [-0.2, -0.15) is 13.2 Å². The minimum absolute atomic E-state index is 0.0294.